The first-order valence-corrected chi connectivity index (χ1v) is 9.94. The van der Waals surface area contributed by atoms with Gasteiger partial charge in [-0.15, -0.1) is 0 Å². The fraction of sp³-hybridized carbons (Fsp3) is 0.440. The molecule has 2 aromatic rings. The maximum absolute atomic E-state index is 11.0. The van der Waals surface area contributed by atoms with Crippen molar-refractivity contribution in [2.45, 2.75) is 60.3 Å². The lowest BCUT2D eigenvalue weighted by atomic mass is 9.68. The third kappa shape index (κ3) is 3.76. The zero-order valence-corrected chi connectivity index (χ0v) is 17.4. The Bertz CT molecular complexity index is 834. The Kier molecular flexibility index (Phi) is 5.37. The monoisotopic (exact) mass is 364 g/mol. The second kappa shape index (κ2) is 7.42. The van der Waals surface area contributed by atoms with Crippen LogP contribution in [-0.4, -0.2) is 10.2 Å². The van der Waals surface area contributed by atoms with Crippen LogP contribution in [0.5, 0.6) is 11.5 Å². The number of allylic oxidation sites excluding steroid dienone is 2. The van der Waals surface area contributed by atoms with Gasteiger partial charge in [0.1, 0.15) is 11.5 Å². The average molecular weight is 365 g/mol. The third-order valence-electron chi connectivity index (χ3n) is 6.16. The summed E-state index contributed by atoms with van der Waals surface area (Å²) < 4.78 is 0. The molecule has 0 bridgehead atoms. The summed E-state index contributed by atoms with van der Waals surface area (Å²) in [6, 6.07) is 8.24. The standard InChI is InChI=1S/C25H32O2/c1-14-7-8-20(17(4)9-14)23(21-12-15(2)10-18(5)24(21)26)22-13-16(3)11-19(6)25(22)27/h7,10-13,17,20,23,26-27H,8-9H2,1-6H3. The largest absolute Gasteiger partial charge is 0.507 e. The van der Waals surface area contributed by atoms with Gasteiger partial charge in [0, 0.05) is 17.0 Å². The molecule has 1 aliphatic carbocycles. The Morgan fingerprint density at radius 2 is 1.30 bits per heavy atom. The van der Waals surface area contributed by atoms with Gasteiger partial charge in [-0.1, -0.05) is 54.0 Å². The summed E-state index contributed by atoms with van der Waals surface area (Å²) in [6.07, 6.45) is 4.37. The van der Waals surface area contributed by atoms with Crippen LogP contribution in [0.3, 0.4) is 0 Å². The highest BCUT2D eigenvalue weighted by Gasteiger charge is 2.34. The summed E-state index contributed by atoms with van der Waals surface area (Å²) in [5, 5.41) is 21.9. The molecular weight excluding hydrogens is 332 g/mol. The minimum Gasteiger partial charge on any atom is -0.507 e. The van der Waals surface area contributed by atoms with Gasteiger partial charge >= 0.3 is 0 Å². The number of phenols is 2. The zero-order chi connectivity index (χ0) is 19.9. The van der Waals surface area contributed by atoms with Gasteiger partial charge in [-0.25, -0.2) is 0 Å². The Balaban J connectivity index is 2.26. The molecule has 2 N–H and O–H groups in total. The van der Waals surface area contributed by atoms with Gasteiger partial charge in [-0.2, -0.15) is 0 Å². The number of phenolic OH excluding ortho intramolecular Hbond substituents is 2. The first-order chi connectivity index (χ1) is 12.7. The predicted octanol–water partition coefficient (Wildman–Crippen LogP) is 6.46. The van der Waals surface area contributed by atoms with Crippen LogP contribution in [0.15, 0.2) is 35.9 Å². The Morgan fingerprint density at radius 3 is 1.74 bits per heavy atom. The highest BCUT2D eigenvalue weighted by molar-refractivity contribution is 5.54. The van der Waals surface area contributed by atoms with E-state index in [9.17, 15) is 10.2 Å². The molecule has 2 atom stereocenters. The normalized spacial score (nSPS) is 20.0. The number of benzene rings is 2. The number of rotatable bonds is 3. The molecule has 0 saturated heterocycles. The lowest BCUT2D eigenvalue weighted by Gasteiger charge is -2.36. The number of hydrogen-bond donors (Lipinski definition) is 2. The van der Waals surface area contributed by atoms with Crippen LogP contribution in [-0.2, 0) is 0 Å². The molecule has 2 unspecified atom stereocenters. The maximum Gasteiger partial charge on any atom is 0.122 e. The number of hydrogen-bond acceptors (Lipinski definition) is 2. The van der Waals surface area contributed by atoms with Crippen molar-refractivity contribution in [1.82, 2.24) is 0 Å². The predicted molar refractivity (Wildman–Crippen MR) is 113 cm³/mol. The van der Waals surface area contributed by atoms with E-state index in [1.165, 1.54) is 5.57 Å². The molecular formula is C25H32O2. The molecule has 0 spiro atoms. The van der Waals surface area contributed by atoms with Crippen molar-refractivity contribution in [3.05, 3.63) is 69.3 Å². The molecule has 0 saturated carbocycles. The van der Waals surface area contributed by atoms with E-state index in [-0.39, 0.29) is 5.92 Å². The highest BCUT2D eigenvalue weighted by atomic mass is 16.3. The summed E-state index contributed by atoms with van der Waals surface area (Å²) in [5.41, 5.74) is 7.40. The summed E-state index contributed by atoms with van der Waals surface area (Å²) in [6.45, 7) is 12.6. The SMILES string of the molecule is CC1=CCC(C(c2cc(C)cc(C)c2O)c2cc(C)cc(C)c2O)C(C)C1. The van der Waals surface area contributed by atoms with E-state index in [4.69, 9.17) is 0 Å². The van der Waals surface area contributed by atoms with Crippen LogP contribution in [0.2, 0.25) is 0 Å². The Labute approximate surface area is 163 Å². The summed E-state index contributed by atoms with van der Waals surface area (Å²) in [5.74, 6) is 1.53. The molecule has 0 aliphatic heterocycles. The van der Waals surface area contributed by atoms with Gasteiger partial charge in [0.25, 0.3) is 0 Å². The smallest absolute Gasteiger partial charge is 0.122 e. The number of aryl methyl sites for hydroxylation is 4. The van der Waals surface area contributed by atoms with Gasteiger partial charge in [0.15, 0.2) is 0 Å². The molecule has 1 aliphatic rings. The molecule has 2 aromatic carbocycles. The highest BCUT2D eigenvalue weighted by Crippen LogP contribution is 2.49. The van der Waals surface area contributed by atoms with E-state index in [0.717, 1.165) is 46.2 Å². The molecule has 0 radical (unpaired) electrons. The minimum atomic E-state index is -0.0263. The quantitative estimate of drug-likeness (QED) is 0.614. The van der Waals surface area contributed by atoms with Crippen molar-refractivity contribution in [1.29, 1.82) is 0 Å². The molecule has 0 amide bonds. The minimum absolute atomic E-state index is 0.0263. The van der Waals surface area contributed by atoms with E-state index in [1.54, 1.807) is 0 Å². The van der Waals surface area contributed by atoms with Crippen molar-refractivity contribution in [3.8, 4) is 11.5 Å². The Hall–Kier alpha value is -2.22. The average Bonchev–Trinajstić information content (AvgIpc) is 2.58. The van der Waals surface area contributed by atoms with Crippen LogP contribution in [0.4, 0.5) is 0 Å². The zero-order valence-electron chi connectivity index (χ0n) is 17.4. The summed E-state index contributed by atoms with van der Waals surface area (Å²) in [7, 11) is 0. The maximum atomic E-state index is 11.0. The van der Waals surface area contributed by atoms with Crippen LogP contribution in [0.25, 0.3) is 0 Å². The van der Waals surface area contributed by atoms with Crippen molar-refractivity contribution < 1.29 is 10.2 Å². The molecule has 2 nitrogen and oxygen atoms in total. The van der Waals surface area contributed by atoms with Crippen molar-refractivity contribution in [2.75, 3.05) is 0 Å². The van der Waals surface area contributed by atoms with Crippen LogP contribution < -0.4 is 0 Å². The molecule has 3 rings (SSSR count). The van der Waals surface area contributed by atoms with Gasteiger partial charge in [-0.05, 0) is 70.4 Å². The first kappa shape index (κ1) is 19.5. The van der Waals surface area contributed by atoms with E-state index in [2.05, 4.69) is 45.9 Å². The third-order valence-corrected chi connectivity index (χ3v) is 6.16. The van der Waals surface area contributed by atoms with Gasteiger partial charge in [0.2, 0.25) is 0 Å². The second-order valence-electron chi connectivity index (χ2n) is 8.65. The van der Waals surface area contributed by atoms with E-state index in [0.29, 0.717) is 23.3 Å². The summed E-state index contributed by atoms with van der Waals surface area (Å²) >= 11 is 0. The van der Waals surface area contributed by atoms with E-state index < -0.39 is 0 Å². The van der Waals surface area contributed by atoms with Gasteiger partial charge < -0.3 is 10.2 Å². The lowest BCUT2D eigenvalue weighted by molar-refractivity contribution is 0.298. The molecule has 0 aromatic heterocycles. The van der Waals surface area contributed by atoms with Crippen LogP contribution in [0, 0.1) is 39.5 Å². The Morgan fingerprint density at radius 1 is 0.815 bits per heavy atom. The summed E-state index contributed by atoms with van der Waals surface area (Å²) in [4.78, 5) is 0. The van der Waals surface area contributed by atoms with Crippen molar-refractivity contribution in [3.63, 3.8) is 0 Å². The van der Waals surface area contributed by atoms with Crippen molar-refractivity contribution >= 4 is 0 Å². The molecule has 27 heavy (non-hydrogen) atoms. The van der Waals surface area contributed by atoms with Crippen LogP contribution in [0.1, 0.15) is 66.0 Å². The van der Waals surface area contributed by atoms with Crippen LogP contribution >= 0.6 is 0 Å². The number of aromatic hydroxyl groups is 2. The van der Waals surface area contributed by atoms with Gasteiger partial charge in [-0.3, -0.25) is 0 Å². The van der Waals surface area contributed by atoms with E-state index >= 15 is 0 Å². The fourth-order valence-electron chi connectivity index (χ4n) is 4.87. The molecule has 0 heterocycles. The molecule has 144 valence electrons. The second-order valence-corrected chi connectivity index (χ2v) is 8.65. The van der Waals surface area contributed by atoms with E-state index in [1.807, 2.05) is 26.0 Å². The first-order valence-electron chi connectivity index (χ1n) is 9.94. The molecule has 2 heteroatoms. The van der Waals surface area contributed by atoms with Gasteiger partial charge in [0.05, 0.1) is 0 Å². The molecule has 0 fully saturated rings. The fourth-order valence-corrected chi connectivity index (χ4v) is 4.87. The lowest BCUT2D eigenvalue weighted by Crippen LogP contribution is -2.24. The topological polar surface area (TPSA) is 40.5 Å². The van der Waals surface area contributed by atoms with Crippen molar-refractivity contribution in [2.24, 2.45) is 11.8 Å².